The number of hydrogen-bond acceptors (Lipinski definition) is 3. The Bertz CT molecular complexity index is 545. The highest BCUT2D eigenvalue weighted by Crippen LogP contribution is 2.26. The first-order chi connectivity index (χ1) is 9.74. The van der Waals surface area contributed by atoms with E-state index in [0.717, 1.165) is 44.0 Å². The Labute approximate surface area is 131 Å². The van der Waals surface area contributed by atoms with Crippen molar-refractivity contribution in [1.82, 2.24) is 10.2 Å². The molecule has 1 unspecified atom stereocenters. The lowest BCUT2D eigenvalue weighted by Crippen LogP contribution is -2.51. The van der Waals surface area contributed by atoms with Crippen molar-refractivity contribution in [2.24, 2.45) is 0 Å². The topological polar surface area (TPSA) is 41.6 Å². The van der Waals surface area contributed by atoms with Crippen molar-refractivity contribution in [2.45, 2.75) is 19.4 Å². The lowest BCUT2D eigenvalue weighted by atomic mass is 10.1. The largest absolute Gasteiger partial charge is 0.493 e. The summed E-state index contributed by atoms with van der Waals surface area (Å²) < 4.78 is 5.48. The van der Waals surface area contributed by atoms with E-state index in [2.05, 4.69) is 18.3 Å². The number of nitrogens with zero attached hydrogens (tertiary/aromatic N) is 1. The molecule has 5 heteroatoms. The molecule has 0 bridgehead atoms. The molecule has 0 aromatic heterocycles. The number of rotatable bonds is 2. The molecule has 2 heterocycles. The summed E-state index contributed by atoms with van der Waals surface area (Å²) in [6.45, 7) is 5.36. The number of carbonyl (C=O) groups is 1. The highest BCUT2D eigenvalue weighted by atomic mass is 35.5. The molecule has 1 atom stereocenters. The predicted octanol–water partition coefficient (Wildman–Crippen LogP) is 1.88. The fourth-order valence-electron chi connectivity index (χ4n) is 2.74. The summed E-state index contributed by atoms with van der Waals surface area (Å²) in [4.78, 5) is 14.1. The normalized spacial score (nSPS) is 20.8. The molecule has 0 saturated carbocycles. The maximum atomic E-state index is 12.2. The number of halogens is 1. The van der Waals surface area contributed by atoms with Crippen LogP contribution in [0.4, 0.5) is 0 Å². The first kappa shape index (κ1) is 15.9. The van der Waals surface area contributed by atoms with E-state index in [-0.39, 0.29) is 24.4 Å². The van der Waals surface area contributed by atoms with Gasteiger partial charge in [0.15, 0.2) is 0 Å². The third kappa shape index (κ3) is 3.57. The van der Waals surface area contributed by atoms with Gasteiger partial charge in [-0.1, -0.05) is 6.07 Å². The molecule has 0 spiro atoms. The van der Waals surface area contributed by atoms with Gasteiger partial charge in [0.1, 0.15) is 5.75 Å². The molecule has 2 aliphatic heterocycles. The van der Waals surface area contributed by atoms with Crippen LogP contribution in [-0.2, 0) is 11.2 Å². The summed E-state index contributed by atoms with van der Waals surface area (Å²) in [5.74, 6) is 1.07. The van der Waals surface area contributed by atoms with Crippen molar-refractivity contribution < 1.29 is 9.53 Å². The first-order valence-corrected chi connectivity index (χ1v) is 7.19. The molecular weight excluding hydrogens is 288 g/mol. The average molecular weight is 309 g/mol. The zero-order valence-electron chi connectivity index (χ0n) is 12.2. The lowest BCUT2D eigenvalue weighted by Gasteiger charge is -2.33. The molecule has 2 aliphatic rings. The van der Waals surface area contributed by atoms with Crippen LogP contribution in [0, 0.1) is 0 Å². The number of carbonyl (C=O) groups excluding carboxylic acids is 1. The number of benzene rings is 1. The first-order valence-electron chi connectivity index (χ1n) is 7.19. The monoisotopic (exact) mass is 308 g/mol. The predicted molar refractivity (Wildman–Crippen MR) is 86.0 cm³/mol. The van der Waals surface area contributed by atoms with Gasteiger partial charge in [0, 0.05) is 38.2 Å². The summed E-state index contributed by atoms with van der Waals surface area (Å²) in [7, 11) is 0. The lowest BCUT2D eigenvalue weighted by molar-refractivity contribution is -0.128. The van der Waals surface area contributed by atoms with Crippen molar-refractivity contribution in [3.8, 4) is 5.75 Å². The number of piperazine rings is 1. The molecular formula is C16H21ClN2O2. The van der Waals surface area contributed by atoms with Crippen molar-refractivity contribution >= 4 is 24.4 Å². The van der Waals surface area contributed by atoms with Gasteiger partial charge in [-0.2, -0.15) is 0 Å². The van der Waals surface area contributed by atoms with Gasteiger partial charge < -0.3 is 15.0 Å². The summed E-state index contributed by atoms with van der Waals surface area (Å²) in [6.07, 6.45) is 4.54. The van der Waals surface area contributed by atoms with E-state index >= 15 is 0 Å². The molecule has 4 nitrogen and oxygen atoms in total. The molecule has 0 radical (unpaired) electrons. The fraction of sp³-hybridized carbons (Fsp3) is 0.438. The minimum Gasteiger partial charge on any atom is -0.493 e. The van der Waals surface area contributed by atoms with Crippen LogP contribution >= 0.6 is 12.4 Å². The Hall–Kier alpha value is -1.52. The molecule has 1 N–H and O–H groups in total. The molecule has 21 heavy (non-hydrogen) atoms. The Balaban J connectivity index is 0.00000161. The van der Waals surface area contributed by atoms with E-state index in [9.17, 15) is 4.79 Å². The van der Waals surface area contributed by atoms with Gasteiger partial charge in [-0.05, 0) is 36.3 Å². The number of amides is 1. The Morgan fingerprint density at radius 3 is 3.14 bits per heavy atom. The van der Waals surface area contributed by atoms with Crippen LogP contribution in [0.2, 0.25) is 0 Å². The molecule has 1 aromatic carbocycles. The van der Waals surface area contributed by atoms with Gasteiger partial charge in [0.05, 0.1) is 6.61 Å². The standard InChI is InChI=1S/C16H20N2O2.ClH/c1-12-11-17-7-8-18(12)16(19)5-3-13-2-4-15-14(10-13)6-9-20-15;/h2-5,10,12,17H,6-9,11H2,1H3;1H/b5-3+;. The average Bonchev–Trinajstić information content (AvgIpc) is 2.92. The third-order valence-electron chi connectivity index (χ3n) is 3.92. The molecule has 1 saturated heterocycles. The van der Waals surface area contributed by atoms with E-state index < -0.39 is 0 Å². The molecule has 0 aliphatic carbocycles. The summed E-state index contributed by atoms with van der Waals surface area (Å²) in [5.41, 5.74) is 2.29. The second-order valence-corrected chi connectivity index (χ2v) is 5.38. The highest BCUT2D eigenvalue weighted by Gasteiger charge is 2.20. The fourth-order valence-corrected chi connectivity index (χ4v) is 2.74. The quantitative estimate of drug-likeness (QED) is 0.848. The summed E-state index contributed by atoms with van der Waals surface area (Å²) in [5, 5.41) is 3.29. The van der Waals surface area contributed by atoms with Crippen LogP contribution in [-0.4, -0.2) is 43.1 Å². The second-order valence-electron chi connectivity index (χ2n) is 5.38. The number of ether oxygens (including phenoxy) is 1. The highest BCUT2D eigenvalue weighted by molar-refractivity contribution is 5.92. The Kier molecular flexibility index (Phi) is 5.26. The molecule has 1 amide bonds. The van der Waals surface area contributed by atoms with Gasteiger partial charge in [-0.25, -0.2) is 0 Å². The van der Waals surface area contributed by atoms with Gasteiger partial charge in [0.25, 0.3) is 0 Å². The molecule has 1 aromatic rings. The van der Waals surface area contributed by atoms with E-state index in [1.54, 1.807) is 6.08 Å². The van der Waals surface area contributed by atoms with Crippen molar-refractivity contribution in [3.05, 3.63) is 35.4 Å². The van der Waals surface area contributed by atoms with Crippen LogP contribution < -0.4 is 10.1 Å². The van der Waals surface area contributed by atoms with E-state index in [0.29, 0.717) is 0 Å². The van der Waals surface area contributed by atoms with Gasteiger partial charge in [-0.3, -0.25) is 4.79 Å². The maximum absolute atomic E-state index is 12.2. The van der Waals surface area contributed by atoms with Crippen molar-refractivity contribution in [3.63, 3.8) is 0 Å². The van der Waals surface area contributed by atoms with Gasteiger partial charge in [-0.15, -0.1) is 12.4 Å². The molecule has 3 rings (SSSR count). The number of hydrogen-bond donors (Lipinski definition) is 1. The summed E-state index contributed by atoms with van der Waals surface area (Å²) in [6, 6.07) is 6.34. The number of nitrogens with one attached hydrogen (secondary N) is 1. The van der Waals surface area contributed by atoms with Crippen LogP contribution in [0.25, 0.3) is 6.08 Å². The van der Waals surface area contributed by atoms with E-state index in [4.69, 9.17) is 4.74 Å². The smallest absolute Gasteiger partial charge is 0.246 e. The Morgan fingerprint density at radius 2 is 2.33 bits per heavy atom. The van der Waals surface area contributed by atoms with Gasteiger partial charge >= 0.3 is 0 Å². The summed E-state index contributed by atoms with van der Waals surface area (Å²) >= 11 is 0. The van der Waals surface area contributed by atoms with Crippen LogP contribution in [0.1, 0.15) is 18.1 Å². The van der Waals surface area contributed by atoms with Crippen LogP contribution in [0.3, 0.4) is 0 Å². The SMILES string of the molecule is CC1CNCCN1C(=O)/C=C/c1ccc2c(c1)CCO2.Cl. The van der Waals surface area contributed by atoms with Gasteiger partial charge in [0.2, 0.25) is 5.91 Å². The zero-order chi connectivity index (χ0) is 13.9. The number of fused-ring (bicyclic) bond motifs is 1. The minimum absolute atomic E-state index is 0. The molecule has 1 fully saturated rings. The maximum Gasteiger partial charge on any atom is 0.246 e. The molecule has 114 valence electrons. The Morgan fingerprint density at radius 1 is 1.48 bits per heavy atom. The van der Waals surface area contributed by atoms with Crippen molar-refractivity contribution in [2.75, 3.05) is 26.2 Å². The van der Waals surface area contributed by atoms with E-state index in [1.165, 1.54) is 5.56 Å². The van der Waals surface area contributed by atoms with E-state index in [1.807, 2.05) is 23.1 Å². The second kappa shape index (κ2) is 6.96. The van der Waals surface area contributed by atoms with Crippen LogP contribution in [0.5, 0.6) is 5.75 Å². The van der Waals surface area contributed by atoms with Crippen molar-refractivity contribution in [1.29, 1.82) is 0 Å². The third-order valence-corrected chi connectivity index (χ3v) is 3.92. The minimum atomic E-state index is 0. The van der Waals surface area contributed by atoms with Crippen LogP contribution in [0.15, 0.2) is 24.3 Å². The zero-order valence-corrected chi connectivity index (χ0v) is 13.0.